The van der Waals surface area contributed by atoms with Gasteiger partial charge in [0.05, 0.1) is 12.1 Å². The van der Waals surface area contributed by atoms with Crippen molar-refractivity contribution >= 4 is 11.8 Å². The zero-order valence-electron chi connectivity index (χ0n) is 18.2. The zero-order valence-corrected chi connectivity index (χ0v) is 18.2. The molecule has 1 aliphatic carbocycles. The van der Waals surface area contributed by atoms with Gasteiger partial charge in [-0.05, 0) is 36.8 Å². The Hall–Kier alpha value is -2.62. The molecule has 0 radical (unpaired) electrons. The summed E-state index contributed by atoms with van der Waals surface area (Å²) in [4.78, 5) is 10.2. The van der Waals surface area contributed by atoms with E-state index in [0.717, 1.165) is 37.5 Å². The topological polar surface area (TPSA) is 43.2 Å². The van der Waals surface area contributed by atoms with Crippen LogP contribution in [0.2, 0.25) is 0 Å². The van der Waals surface area contributed by atoms with E-state index >= 15 is 0 Å². The van der Waals surface area contributed by atoms with Gasteiger partial charge in [0.2, 0.25) is 0 Å². The lowest BCUT2D eigenvalue weighted by Crippen LogP contribution is -2.39. The van der Waals surface area contributed by atoms with Crippen LogP contribution in [0.15, 0.2) is 70.6 Å². The third-order valence-corrected chi connectivity index (χ3v) is 6.83. The van der Waals surface area contributed by atoms with E-state index < -0.39 is 0 Å². The fourth-order valence-corrected chi connectivity index (χ4v) is 5.19. The molecule has 0 bridgehead atoms. The lowest BCUT2D eigenvalue weighted by Gasteiger charge is -2.30. The Labute approximate surface area is 185 Å². The van der Waals surface area contributed by atoms with Crippen LogP contribution in [0.3, 0.4) is 0 Å². The highest BCUT2D eigenvalue weighted by Crippen LogP contribution is 2.42. The maximum atomic E-state index is 6.29. The lowest BCUT2D eigenvalue weighted by molar-refractivity contribution is 0.239. The van der Waals surface area contributed by atoms with Gasteiger partial charge >= 0.3 is 0 Å². The second-order valence-electron chi connectivity index (χ2n) is 9.17. The largest absolute Gasteiger partial charge is 0.478 e. The van der Waals surface area contributed by atoms with Gasteiger partial charge in [0, 0.05) is 0 Å². The van der Waals surface area contributed by atoms with Gasteiger partial charge in [-0.25, -0.2) is 9.98 Å². The number of hydrogen-bond acceptors (Lipinski definition) is 4. The van der Waals surface area contributed by atoms with Gasteiger partial charge in [-0.15, -0.1) is 0 Å². The van der Waals surface area contributed by atoms with Crippen molar-refractivity contribution in [3.05, 3.63) is 71.8 Å². The molecule has 4 nitrogen and oxygen atoms in total. The first-order valence-corrected chi connectivity index (χ1v) is 11.8. The SMILES string of the molecule is c1ccc(CC2COC(C3(C4=NC(Cc5ccccc5)CO4)CCCCCC3)=N2)cc1. The van der Waals surface area contributed by atoms with Gasteiger partial charge in [-0.2, -0.15) is 0 Å². The van der Waals surface area contributed by atoms with Crippen LogP contribution in [0, 0.1) is 5.41 Å². The van der Waals surface area contributed by atoms with Crippen molar-refractivity contribution in [1.82, 2.24) is 0 Å². The van der Waals surface area contributed by atoms with Crippen molar-refractivity contribution in [2.45, 2.75) is 63.5 Å². The molecule has 0 amide bonds. The quantitative estimate of drug-likeness (QED) is 0.591. The van der Waals surface area contributed by atoms with Crippen LogP contribution in [-0.2, 0) is 22.3 Å². The van der Waals surface area contributed by atoms with E-state index in [0.29, 0.717) is 13.2 Å². The average Bonchev–Trinajstić information content (AvgIpc) is 3.40. The Kier molecular flexibility index (Phi) is 6.06. The molecule has 5 rings (SSSR count). The van der Waals surface area contributed by atoms with Crippen LogP contribution >= 0.6 is 0 Å². The summed E-state index contributed by atoms with van der Waals surface area (Å²) >= 11 is 0. The van der Waals surface area contributed by atoms with Crippen LogP contribution in [-0.4, -0.2) is 37.1 Å². The molecule has 2 heterocycles. The molecule has 0 aromatic heterocycles. The van der Waals surface area contributed by atoms with Crippen LogP contribution in [0.4, 0.5) is 0 Å². The molecule has 1 saturated carbocycles. The number of aliphatic imine (C=N–C) groups is 2. The highest BCUT2D eigenvalue weighted by Gasteiger charge is 2.48. The van der Waals surface area contributed by atoms with E-state index in [2.05, 4.69) is 60.7 Å². The van der Waals surface area contributed by atoms with Crippen molar-refractivity contribution in [1.29, 1.82) is 0 Å². The first-order valence-electron chi connectivity index (χ1n) is 11.8. The molecule has 2 atom stereocenters. The van der Waals surface area contributed by atoms with Crippen LogP contribution in [0.25, 0.3) is 0 Å². The summed E-state index contributed by atoms with van der Waals surface area (Å²) in [6, 6.07) is 21.6. The van der Waals surface area contributed by atoms with E-state index in [4.69, 9.17) is 19.5 Å². The Morgan fingerprint density at radius 1 is 0.645 bits per heavy atom. The van der Waals surface area contributed by atoms with Gasteiger partial charge in [-0.1, -0.05) is 86.3 Å². The third kappa shape index (κ3) is 4.53. The Morgan fingerprint density at radius 2 is 1.10 bits per heavy atom. The number of ether oxygens (including phenoxy) is 2. The Balaban J connectivity index is 1.38. The Bertz CT molecular complexity index is 845. The molecule has 2 aromatic rings. The molecule has 0 saturated heterocycles. The highest BCUT2D eigenvalue weighted by atomic mass is 16.5. The first-order chi connectivity index (χ1) is 15.3. The zero-order chi connectivity index (χ0) is 20.9. The summed E-state index contributed by atoms with van der Waals surface area (Å²) < 4.78 is 12.6. The summed E-state index contributed by atoms with van der Waals surface area (Å²) in [6.45, 7) is 1.32. The van der Waals surface area contributed by atoms with Crippen LogP contribution in [0.1, 0.15) is 49.7 Å². The van der Waals surface area contributed by atoms with Crippen molar-refractivity contribution in [2.75, 3.05) is 13.2 Å². The second-order valence-corrected chi connectivity index (χ2v) is 9.17. The number of hydrogen-bond donors (Lipinski definition) is 0. The second kappa shape index (κ2) is 9.25. The molecule has 2 aliphatic heterocycles. The molecule has 31 heavy (non-hydrogen) atoms. The van der Waals surface area contributed by atoms with E-state index in [1.54, 1.807) is 0 Å². The van der Waals surface area contributed by atoms with Gasteiger partial charge in [0.25, 0.3) is 0 Å². The molecule has 2 aromatic carbocycles. The highest BCUT2D eigenvalue weighted by molar-refractivity contribution is 6.06. The molecule has 1 fully saturated rings. The predicted molar refractivity (Wildman–Crippen MR) is 125 cm³/mol. The Morgan fingerprint density at radius 3 is 1.55 bits per heavy atom. The summed E-state index contributed by atoms with van der Waals surface area (Å²) in [5.74, 6) is 1.77. The summed E-state index contributed by atoms with van der Waals surface area (Å²) in [6.07, 6.45) is 8.79. The lowest BCUT2D eigenvalue weighted by atomic mass is 9.79. The third-order valence-electron chi connectivity index (χ3n) is 6.83. The summed E-state index contributed by atoms with van der Waals surface area (Å²) in [5.41, 5.74) is 2.36. The van der Waals surface area contributed by atoms with Crippen molar-refractivity contribution < 1.29 is 9.47 Å². The molecule has 2 unspecified atom stereocenters. The summed E-state index contributed by atoms with van der Waals surface area (Å²) in [5, 5.41) is 0. The van der Waals surface area contributed by atoms with E-state index in [1.165, 1.54) is 36.8 Å². The molecule has 162 valence electrons. The predicted octanol–water partition coefficient (Wildman–Crippen LogP) is 5.41. The van der Waals surface area contributed by atoms with Crippen molar-refractivity contribution in [3.8, 4) is 0 Å². The standard InChI is InChI=1S/C27H32N2O2/c1-2-10-16-27(15-9-1,25-28-23(19-30-25)17-21-11-5-3-6-12-21)26-29-24(20-31-26)18-22-13-7-4-8-14-22/h3-8,11-14,23-24H,1-2,9-10,15-20H2. The van der Waals surface area contributed by atoms with Gasteiger partial charge in [-0.3, -0.25) is 0 Å². The number of rotatable bonds is 6. The first kappa shape index (κ1) is 20.3. The minimum atomic E-state index is -0.270. The van der Waals surface area contributed by atoms with Gasteiger partial charge in [0.1, 0.15) is 18.6 Å². The minimum Gasteiger partial charge on any atom is -0.478 e. The molecule has 4 heteroatoms. The monoisotopic (exact) mass is 416 g/mol. The molecule has 3 aliphatic rings. The van der Waals surface area contributed by atoms with Crippen molar-refractivity contribution in [2.24, 2.45) is 15.4 Å². The van der Waals surface area contributed by atoms with Crippen LogP contribution in [0.5, 0.6) is 0 Å². The molecule has 0 spiro atoms. The van der Waals surface area contributed by atoms with Gasteiger partial charge in [0.15, 0.2) is 11.8 Å². The van der Waals surface area contributed by atoms with Gasteiger partial charge < -0.3 is 9.47 Å². The number of nitrogens with zero attached hydrogens (tertiary/aromatic N) is 2. The minimum absolute atomic E-state index is 0.180. The van der Waals surface area contributed by atoms with Crippen molar-refractivity contribution in [3.63, 3.8) is 0 Å². The summed E-state index contributed by atoms with van der Waals surface area (Å²) in [7, 11) is 0. The van der Waals surface area contributed by atoms with E-state index in [9.17, 15) is 0 Å². The average molecular weight is 417 g/mol. The maximum absolute atomic E-state index is 6.29. The van der Waals surface area contributed by atoms with Crippen LogP contribution < -0.4 is 0 Å². The van der Waals surface area contributed by atoms with E-state index in [-0.39, 0.29) is 17.5 Å². The molecular weight excluding hydrogens is 384 g/mol. The maximum Gasteiger partial charge on any atom is 0.199 e. The molecular formula is C27H32N2O2. The number of benzene rings is 2. The normalized spacial score (nSPS) is 25.2. The smallest absolute Gasteiger partial charge is 0.199 e. The molecule has 0 N–H and O–H groups in total. The van der Waals surface area contributed by atoms with E-state index in [1.807, 2.05) is 0 Å². The fraction of sp³-hybridized carbons (Fsp3) is 0.481. The fourth-order valence-electron chi connectivity index (χ4n) is 5.19.